The van der Waals surface area contributed by atoms with Crippen LogP contribution in [0.3, 0.4) is 0 Å². The van der Waals surface area contributed by atoms with E-state index in [4.69, 9.17) is 11.6 Å². The van der Waals surface area contributed by atoms with Gasteiger partial charge in [0.25, 0.3) is 0 Å². The lowest BCUT2D eigenvalue weighted by molar-refractivity contribution is 0.187. The number of aliphatic imine (C=N–C) groups is 2. The summed E-state index contributed by atoms with van der Waals surface area (Å²) < 4.78 is 0. The fourth-order valence-electron chi connectivity index (χ4n) is 2.65. The lowest BCUT2D eigenvalue weighted by Gasteiger charge is -2.30. The maximum atomic E-state index is 12.3. The Bertz CT molecular complexity index is 433. The fraction of sp³-hybridized carbons (Fsp3) is 0.727. The third-order valence-electron chi connectivity index (χ3n) is 3.68. The van der Waals surface area contributed by atoms with Gasteiger partial charge in [-0.3, -0.25) is 9.89 Å². The highest BCUT2D eigenvalue weighted by atomic mass is 35.5. The first-order valence-electron chi connectivity index (χ1n) is 6.11. The zero-order valence-electron chi connectivity index (χ0n) is 10.2. The number of likely N-dealkylation sites (N-methyl/N-ethyl adjacent to an activating group) is 1. The molecule has 7 heteroatoms. The summed E-state index contributed by atoms with van der Waals surface area (Å²) in [6, 6.07) is 0.277. The second-order valence-electron chi connectivity index (χ2n) is 4.70. The van der Waals surface area contributed by atoms with E-state index >= 15 is 0 Å². The van der Waals surface area contributed by atoms with Crippen LogP contribution in [0.15, 0.2) is 9.98 Å². The van der Waals surface area contributed by atoms with Crippen molar-refractivity contribution in [2.75, 3.05) is 25.1 Å². The zero-order valence-corrected chi connectivity index (χ0v) is 11.7. The number of nitrogens with zero attached hydrogens (tertiary/aromatic N) is 4. The number of amidine groups is 2. The van der Waals surface area contributed by atoms with Crippen molar-refractivity contribution >= 4 is 40.5 Å². The Balaban J connectivity index is 1.91. The number of fused-ring (bicyclic) bond motifs is 1. The van der Waals surface area contributed by atoms with E-state index in [9.17, 15) is 4.79 Å². The van der Waals surface area contributed by atoms with Gasteiger partial charge in [0.05, 0.1) is 6.54 Å². The first-order valence-corrected chi connectivity index (χ1v) is 7.64. The van der Waals surface area contributed by atoms with Crippen molar-refractivity contribution in [1.29, 1.82) is 0 Å². The summed E-state index contributed by atoms with van der Waals surface area (Å²) in [5, 5.41) is 0.263. The fourth-order valence-corrected chi connectivity index (χ4v) is 3.88. The normalized spacial score (nSPS) is 29.2. The maximum absolute atomic E-state index is 12.3. The van der Waals surface area contributed by atoms with Crippen LogP contribution in [-0.2, 0) is 0 Å². The largest absolute Gasteiger partial charge is 0.326 e. The molecule has 2 fully saturated rings. The van der Waals surface area contributed by atoms with Gasteiger partial charge in [-0.25, -0.2) is 9.79 Å². The van der Waals surface area contributed by atoms with Gasteiger partial charge < -0.3 is 4.90 Å². The molecule has 0 bridgehead atoms. The minimum Gasteiger partial charge on any atom is -0.315 e. The number of amides is 2. The number of urea groups is 1. The first-order chi connectivity index (χ1) is 8.68. The molecule has 3 rings (SSSR count). The van der Waals surface area contributed by atoms with Gasteiger partial charge in [0.1, 0.15) is 11.9 Å². The summed E-state index contributed by atoms with van der Waals surface area (Å²) in [5.74, 6) is 3.01. The minimum atomic E-state index is -0.0328. The maximum Gasteiger partial charge on any atom is 0.326 e. The molecule has 2 saturated heterocycles. The second-order valence-corrected chi connectivity index (χ2v) is 6.27. The van der Waals surface area contributed by atoms with Crippen LogP contribution in [0.25, 0.3) is 0 Å². The average molecular weight is 287 g/mol. The Labute approximate surface area is 115 Å². The van der Waals surface area contributed by atoms with Crippen molar-refractivity contribution in [2.24, 2.45) is 9.98 Å². The molecule has 0 radical (unpaired) electrons. The number of rotatable bonds is 1. The molecule has 0 aromatic heterocycles. The number of hydrogen-bond donors (Lipinski definition) is 0. The molecule has 1 atom stereocenters. The highest BCUT2D eigenvalue weighted by Crippen LogP contribution is 2.29. The van der Waals surface area contributed by atoms with Gasteiger partial charge >= 0.3 is 6.03 Å². The van der Waals surface area contributed by atoms with E-state index in [1.54, 1.807) is 4.90 Å². The van der Waals surface area contributed by atoms with Crippen LogP contribution in [0.4, 0.5) is 4.79 Å². The smallest absolute Gasteiger partial charge is 0.315 e. The van der Waals surface area contributed by atoms with Crippen LogP contribution in [0.5, 0.6) is 0 Å². The molecule has 0 saturated carbocycles. The summed E-state index contributed by atoms with van der Waals surface area (Å²) in [6.07, 6.45) is 2.06. The monoisotopic (exact) mass is 286 g/mol. The number of halogens is 1. The Morgan fingerprint density at radius 1 is 1.39 bits per heavy atom. The van der Waals surface area contributed by atoms with Crippen molar-refractivity contribution in [3.05, 3.63) is 0 Å². The van der Waals surface area contributed by atoms with Crippen LogP contribution < -0.4 is 0 Å². The minimum absolute atomic E-state index is 0.0328. The van der Waals surface area contributed by atoms with Gasteiger partial charge in [-0.2, -0.15) is 11.8 Å². The SMILES string of the molecule is CN1C(=O)N(C2CCSCC2)C2=NC(Cl)=NCC21. The molecular weight excluding hydrogens is 272 g/mol. The molecule has 98 valence electrons. The number of carbonyl (C=O) groups excluding carboxylic acids is 1. The first kappa shape index (κ1) is 12.3. The summed E-state index contributed by atoms with van der Waals surface area (Å²) in [5.41, 5.74) is 0. The zero-order chi connectivity index (χ0) is 12.7. The second kappa shape index (κ2) is 4.74. The van der Waals surface area contributed by atoms with Crippen molar-refractivity contribution in [2.45, 2.75) is 24.9 Å². The molecule has 2 amide bonds. The van der Waals surface area contributed by atoms with Gasteiger partial charge in [-0.1, -0.05) is 0 Å². The molecule has 0 aromatic carbocycles. The van der Waals surface area contributed by atoms with E-state index in [0.29, 0.717) is 6.54 Å². The van der Waals surface area contributed by atoms with Crippen LogP contribution in [0, 0.1) is 0 Å². The summed E-state index contributed by atoms with van der Waals surface area (Å²) in [6.45, 7) is 0.526. The summed E-state index contributed by atoms with van der Waals surface area (Å²) in [7, 11) is 1.81. The highest BCUT2D eigenvalue weighted by molar-refractivity contribution is 7.99. The predicted octanol–water partition coefficient (Wildman–Crippen LogP) is 1.62. The quantitative estimate of drug-likeness (QED) is 0.688. The molecule has 0 aliphatic carbocycles. The lowest BCUT2D eigenvalue weighted by Crippen LogP contribution is -2.44. The van der Waals surface area contributed by atoms with Crippen molar-refractivity contribution in [1.82, 2.24) is 9.80 Å². The van der Waals surface area contributed by atoms with Crippen LogP contribution in [0.1, 0.15) is 12.8 Å². The summed E-state index contributed by atoms with van der Waals surface area (Å²) >= 11 is 7.83. The van der Waals surface area contributed by atoms with Crippen molar-refractivity contribution in [3.63, 3.8) is 0 Å². The van der Waals surface area contributed by atoms with Crippen LogP contribution in [0.2, 0.25) is 0 Å². The average Bonchev–Trinajstić information content (AvgIpc) is 2.63. The molecule has 5 nitrogen and oxygen atoms in total. The molecule has 1 unspecified atom stereocenters. The van der Waals surface area contributed by atoms with Gasteiger partial charge in [-0.05, 0) is 35.9 Å². The Morgan fingerprint density at radius 2 is 2.11 bits per heavy atom. The molecule has 3 heterocycles. The standard InChI is InChI=1S/C11H15ClN4OS/c1-15-8-6-13-10(12)14-9(8)16(11(15)17)7-2-4-18-5-3-7/h7-8H,2-6H2,1H3. The molecule has 0 aromatic rings. The highest BCUT2D eigenvalue weighted by Gasteiger charge is 2.45. The topological polar surface area (TPSA) is 48.3 Å². The molecule has 3 aliphatic rings. The van der Waals surface area contributed by atoms with Crippen LogP contribution in [-0.4, -0.2) is 64.1 Å². The number of carbonyl (C=O) groups is 1. The van der Waals surface area contributed by atoms with Gasteiger partial charge in [-0.15, -0.1) is 0 Å². The predicted molar refractivity (Wildman–Crippen MR) is 74.7 cm³/mol. The van der Waals surface area contributed by atoms with Gasteiger partial charge in [0.15, 0.2) is 0 Å². The van der Waals surface area contributed by atoms with Gasteiger partial charge in [0.2, 0.25) is 5.29 Å². The molecule has 18 heavy (non-hydrogen) atoms. The van der Waals surface area contributed by atoms with E-state index in [2.05, 4.69) is 9.98 Å². The van der Waals surface area contributed by atoms with E-state index in [-0.39, 0.29) is 23.4 Å². The van der Waals surface area contributed by atoms with Crippen molar-refractivity contribution in [3.8, 4) is 0 Å². The number of hydrogen-bond acceptors (Lipinski definition) is 4. The number of thioether (sulfide) groups is 1. The lowest BCUT2D eigenvalue weighted by atomic mass is 10.1. The van der Waals surface area contributed by atoms with E-state index in [1.807, 2.05) is 23.7 Å². The molecule has 0 N–H and O–H groups in total. The van der Waals surface area contributed by atoms with Crippen molar-refractivity contribution < 1.29 is 4.79 Å². The molecule has 3 aliphatic heterocycles. The van der Waals surface area contributed by atoms with E-state index in [0.717, 1.165) is 30.2 Å². The molecular formula is C11H15ClN4OS. The van der Waals surface area contributed by atoms with E-state index < -0.39 is 0 Å². The van der Waals surface area contributed by atoms with E-state index in [1.165, 1.54) is 0 Å². The third-order valence-corrected chi connectivity index (χ3v) is 4.93. The Hall–Kier alpha value is -0.750. The molecule has 0 spiro atoms. The van der Waals surface area contributed by atoms with Crippen LogP contribution >= 0.6 is 23.4 Å². The van der Waals surface area contributed by atoms with Gasteiger partial charge in [0, 0.05) is 13.1 Å². The summed E-state index contributed by atoms with van der Waals surface area (Å²) in [4.78, 5) is 24.3. The Morgan fingerprint density at radius 3 is 2.83 bits per heavy atom. The third kappa shape index (κ3) is 1.91. The Kier molecular flexibility index (Phi) is 3.23.